The lowest BCUT2D eigenvalue weighted by molar-refractivity contribution is -0.952. The lowest BCUT2D eigenvalue weighted by Gasteiger charge is -2.39. The number of rotatable bonds is 5. The van der Waals surface area contributed by atoms with Crippen LogP contribution in [0.3, 0.4) is 0 Å². The van der Waals surface area contributed by atoms with Gasteiger partial charge < -0.3 is 9.80 Å². The first-order chi connectivity index (χ1) is 12.3. The van der Waals surface area contributed by atoms with Gasteiger partial charge in [0.2, 0.25) is 0 Å². The molecule has 0 saturated carbocycles. The van der Waals surface area contributed by atoms with Gasteiger partial charge >= 0.3 is 0 Å². The summed E-state index contributed by atoms with van der Waals surface area (Å²) in [4.78, 5) is 11.8. The smallest absolute Gasteiger partial charge is 0.122 e. The van der Waals surface area contributed by atoms with Gasteiger partial charge in [-0.2, -0.15) is 0 Å². The van der Waals surface area contributed by atoms with E-state index in [9.17, 15) is 0 Å². The SMILES string of the molecule is CCN1CCNCC[N+](Cc2ccccn2)(Cc2ccccn2)CC1. The summed E-state index contributed by atoms with van der Waals surface area (Å²) in [5.41, 5.74) is 2.33. The number of aromatic nitrogens is 2. The minimum absolute atomic E-state index is 0.955. The fourth-order valence-electron chi connectivity index (χ4n) is 3.61. The molecular weight excluding hydrogens is 310 g/mol. The molecule has 0 bridgehead atoms. The van der Waals surface area contributed by atoms with E-state index in [-0.39, 0.29) is 0 Å². The number of nitrogens with zero attached hydrogens (tertiary/aromatic N) is 4. The monoisotopic (exact) mass is 340 g/mol. The van der Waals surface area contributed by atoms with Crippen LogP contribution in [0.15, 0.2) is 48.8 Å². The minimum atomic E-state index is 0.955. The highest BCUT2D eigenvalue weighted by atomic mass is 15.4. The Morgan fingerprint density at radius 2 is 1.60 bits per heavy atom. The Hall–Kier alpha value is -1.82. The first-order valence-corrected chi connectivity index (χ1v) is 9.38. The third-order valence-corrected chi connectivity index (χ3v) is 5.15. The van der Waals surface area contributed by atoms with Crippen molar-refractivity contribution in [3.05, 3.63) is 60.2 Å². The average molecular weight is 340 g/mol. The molecule has 1 aliphatic rings. The number of hydrogen-bond acceptors (Lipinski definition) is 4. The summed E-state index contributed by atoms with van der Waals surface area (Å²) in [5, 5.41) is 3.62. The van der Waals surface area contributed by atoms with Crippen LogP contribution < -0.4 is 5.32 Å². The summed E-state index contributed by atoms with van der Waals surface area (Å²) < 4.78 is 0.998. The van der Waals surface area contributed by atoms with Gasteiger partial charge in [0.05, 0.1) is 24.5 Å². The van der Waals surface area contributed by atoms with Gasteiger partial charge in [-0.05, 0) is 30.8 Å². The predicted molar refractivity (Wildman–Crippen MR) is 101 cm³/mol. The molecule has 0 unspecified atom stereocenters. The minimum Gasteiger partial charge on any atom is -0.311 e. The van der Waals surface area contributed by atoms with Crippen LogP contribution in [0.4, 0.5) is 0 Å². The fourth-order valence-corrected chi connectivity index (χ4v) is 3.61. The summed E-state index contributed by atoms with van der Waals surface area (Å²) in [7, 11) is 0. The molecule has 1 fully saturated rings. The van der Waals surface area contributed by atoms with Crippen molar-refractivity contribution in [2.45, 2.75) is 20.0 Å². The summed E-state index contributed by atoms with van der Waals surface area (Å²) in [6, 6.07) is 12.5. The Morgan fingerprint density at radius 1 is 0.920 bits per heavy atom. The summed E-state index contributed by atoms with van der Waals surface area (Å²) >= 11 is 0. The highest BCUT2D eigenvalue weighted by Crippen LogP contribution is 2.18. The average Bonchev–Trinajstić information content (AvgIpc) is 2.74. The van der Waals surface area contributed by atoms with Crippen LogP contribution in [0.25, 0.3) is 0 Å². The summed E-state index contributed by atoms with van der Waals surface area (Å²) in [6.45, 7) is 11.9. The van der Waals surface area contributed by atoms with E-state index >= 15 is 0 Å². The lowest BCUT2D eigenvalue weighted by atomic mass is 10.2. The molecule has 0 amide bonds. The van der Waals surface area contributed by atoms with Gasteiger partial charge in [-0.25, -0.2) is 0 Å². The lowest BCUT2D eigenvalue weighted by Crippen LogP contribution is -2.52. The number of hydrogen-bond donors (Lipinski definition) is 1. The normalized spacial score (nSPS) is 18.9. The Morgan fingerprint density at radius 3 is 2.16 bits per heavy atom. The van der Waals surface area contributed by atoms with Crippen molar-refractivity contribution >= 4 is 0 Å². The van der Waals surface area contributed by atoms with E-state index in [1.54, 1.807) is 0 Å². The number of pyridine rings is 2. The molecule has 3 heterocycles. The molecule has 2 aromatic rings. The van der Waals surface area contributed by atoms with E-state index in [0.717, 1.165) is 63.4 Å². The van der Waals surface area contributed by atoms with Gasteiger partial charge in [-0.3, -0.25) is 14.9 Å². The van der Waals surface area contributed by atoms with Crippen LogP contribution in [-0.2, 0) is 13.1 Å². The second-order valence-corrected chi connectivity index (χ2v) is 6.93. The van der Waals surface area contributed by atoms with E-state index < -0.39 is 0 Å². The molecule has 1 aliphatic heterocycles. The zero-order chi connectivity index (χ0) is 17.4. The van der Waals surface area contributed by atoms with Crippen molar-refractivity contribution in [1.29, 1.82) is 0 Å². The quantitative estimate of drug-likeness (QED) is 0.845. The van der Waals surface area contributed by atoms with E-state index in [1.165, 1.54) is 11.4 Å². The Bertz CT molecular complexity index is 575. The molecule has 5 heteroatoms. The molecule has 1 saturated heterocycles. The molecule has 0 aliphatic carbocycles. The third-order valence-electron chi connectivity index (χ3n) is 5.15. The third kappa shape index (κ3) is 5.33. The summed E-state index contributed by atoms with van der Waals surface area (Å²) in [6.07, 6.45) is 3.80. The maximum atomic E-state index is 4.61. The molecule has 134 valence electrons. The van der Waals surface area contributed by atoms with E-state index in [0.29, 0.717) is 0 Å². The first kappa shape index (κ1) is 18.0. The van der Waals surface area contributed by atoms with Crippen molar-refractivity contribution in [2.24, 2.45) is 0 Å². The highest BCUT2D eigenvalue weighted by molar-refractivity contribution is 5.04. The van der Waals surface area contributed by atoms with E-state index in [1.807, 2.05) is 24.5 Å². The van der Waals surface area contributed by atoms with Crippen molar-refractivity contribution in [3.8, 4) is 0 Å². The molecule has 2 aromatic heterocycles. The van der Waals surface area contributed by atoms with Crippen LogP contribution in [0, 0.1) is 0 Å². The number of likely N-dealkylation sites (N-methyl/N-ethyl adjacent to an activating group) is 1. The van der Waals surface area contributed by atoms with Gasteiger partial charge in [0.1, 0.15) is 13.1 Å². The number of nitrogens with one attached hydrogen (secondary N) is 1. The molecule has 0 atom stereocenters. The molecule has 0 aromatic carbocycles. The Balaban J connectivity index is 1.85. The molecule has 1 N–H and O–H groups in total. The molecule has 3 rings (SSSR count). The van der Waals surface area contributed by atoms with Gasteiger partial charge in [0.15, 0.2) is 0 Å². The van der Waals surface area contributed by atoms with Crippen LogP contribution in [-0.4, -0.2) is 65.2 Å². The zero-order valence-electron chi connectivity index (χ0n) is 15.3. The molecule has 0 radical (unpaired) electrons. The van der Waals surface area contributed by atoms with Gasteiger partial charge in [0, 0.05) is 38.6 Å². The van der Waals surface area contributed by atoms with Gasteiger partial charge in [-0.1, -0.05) is 19.1 Å². The first-order valence-electron chi connectivity index (χ1n) is 9.38. The topological polar surface area (TPSA) is 41.0 Å². The fraction of sp³-hybridized carbons (Fsp3) is 0.500. The molecule has 0 spiro atoms. The maximum Gasteiger partial charge on any atom is 0.122 e. The summed E-state index contributed by atoms with van der Waals surface area (Å²) in [5.74, 6) is 0. The van der Waals surface area contributed by atoms with Gasteiger partial charge in [-0.15, -0.1) is 0 Å². The van der Waals surface area contributed by atoms with E-state index in [2.05, 4.69) is 51.4 Å². The standard InChI is InChI=1S/C20H30N5/c1-2-24-13-11-21-12-15-25(16-14-24,17-19-7-3-5-9-22-19)18-20-8-4-6-10-23-20/h3-10,21H,2,11-18H2,1H3/q+1. The van der Waals surface area contributed by atoms with Crippen LogP contribution in [0.5, 0.6) is 0 Å². The largest absolute Gasteiger partial charge is 0.311 e. The van der Waals surface area contributed by atoms with Gasteiger partial charge in [0.25, 0.3) is 0 Å². The van der Waals surface area contributed by atoms with Crippen molar-refractivity contribution in [3.63, 3.8) is 0 Å². The molecule has 5 nitrogen and oxygen atoms in total. The number of quaternary nitrogens is 1. The van der Waals surface area contributed by atoms with Crippen molar-refractivity contribution in [1.82, 2.24) is 20.2 Å². The van der Waals surface area contributed by atoms with Crippen LogP contribution in [0.1, 0.15) is 18.3 Å². The van der Waals surface area contributed by atoms with Crippen molar-refractivity contribution in [2.75, 3.05) is 45.8 Å². The second-order valence-electron chi connectivity index (χ2n) is 6.93. The Labute approximate surface area is 151 Å². The maximum absolute atomic E-state index is 4.61. The molecule has 25 heavy (non-hydrogen) atoms. The highest BCUT2D eigenvalue weighted by Gasteiger charge is 2.30. The second kappa shape index (κ2) is 9.04. The predicted octanol–water partition coefficient (Wildman–Crippen LogP) is 1.92. The van der Waals surface area contributed by atoms with Crippen LogP contribution in [0.2, 0.25) is 0 Å². The van der Waals surface area contributed by atoms with Crippen LogP contribution >= 0.6 is 0 Å². The van der Waals surface area contributed by atoms with E-state index in [4.69, 9.17) is 0 Å². The Kier molecular flexibility index (Phi) is 6.50. The molecular formula is C20H30N5+. The van der Waals surface area contributed by atoms with Crippen molar-refractivity contribution < 1.29 is 4.48 Å². The zero-order valence-corrected chi connectivity index (χ0v) is 15.3.